The first-order valence-corrected chi connectivity index (χ1v) is 9.57. The Morgan fingerprint density at radius 2 is 2.00 bits per heavy atom. The summed E-state index contributed by atoms with van der Waals surface area (Å²) < 4.78 is 1.90. The van der Waals surface area contributed by atoms with Gasteiger partial charge < -0.3 is 9.47 Å². The number of amides is 1. The Hall–Kier alpha value is -3.28. The minimum Gasteiger partial charge on any atom is -0.333 e. The van der Waals surface area contributed by atoms with Crippen LogP contribution in [-0.2, 0) is 7.05 Å². The maximum absolute atomic E-state index is 13.0. The van der Waals surface area contributed by atoms with Crippen molar-refractivity contribution >= 4 is 5.91 Å². The van der Waals surface area contributed by atoms with Gasteiger partial charge in [-0.05, 0) is 30.7 Å². The number of imidazole rings is 1. The maximum Gasteiger partial charge on any atom is 0.254 e. The zero-order valence-electron chi connectivity index (χ0n) is 16.1. The van der Waals surface area contributed by atoms with Gasteiger partial charge in [-0.15, -0.1) is 10.2 Å². The molecule has 0 N–H and O–H groups in total. The zero-order valence-corrected chi connectivity index (χ0v) is 16.1. The van der Waals surface area contributed by atoms with Gasteiger partial charge >= 0.3 is 0 Å². The molecule has 6 heteroatoms. The van der Waals surface area contributed by atoms with Crippen molar-refractivity contribution in [2.24, 2.45) is 7.05 Å². The van der Waals surface area contributed by atoms with E-state index in [1.807, 2.05) is 59.1 Å². The van der Waals surface area contributed by atoms with Crippen molar-refractivity contribution in [3.05, 3.63) is 66.5 Å². The molecule has 0 saturated heterocycles. The van der Waals surface area contributed by atoms with Gasteiger partial charge in [0.2, 0.25) is 0 Å². The first kappa shape index (κ1) is 18.1. The van der Waals surface area contributed by atoms with E-state index in [-0.39, 0.29) is 11.9 Å². The van der Waals surface area contributed by atoms with E-state index < -0.39 is 0 Å². The lowest BCUT2D eigenvalue weighted by molar-refractivity contribution is 0.0744. The molecule has 142 valence electrons. The van der Waals surface area contributed by atoms with Crippen LogP contribution in [0.4, 0.5) is 0 Å². The fourth-order valence-corrected chi connectivity index (χ4v) is 3.55. The second-order valence-electron chi connectivity index (χ2n) is 6.99. The second kappa shape index (κ2) is 7.76. The summed E-state index contributed by atoms with van der Waals surface area (Å²) >= 11 is 0. The highest BCUT2D eigenvalue weighted by Gasteiger charge is 2.25. The standard InChI is InChI=1S/C22H23N5O/c1-3-6-18-9-5-13-27(18)22(28)17-8-4-7-16(15-17)19-10-11-20(25-24-19)21-23-12-14-26(21)2/h4-5,7-12,14-15,18H,3,6,13H2,1-2H3/t18-/m0/s1. The Bertz CT molecular complexity index is 1010. The van der Waals surface area contributed by atoms with E-state index >= 15 is 0 Å². The van der Waals surface area contributed by atoms with Gasteiger partial charge in [-0.25, -0.2) is 4.98 Å². The molecule has 28 heavy (non-hydrogen) atoms. The summed E-state index contributed by atoms with van der Waals surface area (Å²) in [6.07, 6.45) is 9.86. The largest absolute Gasteiger partial charge is 0.333 e. The zero-order chi connectivity index (χ0) is 19.5. The average Bonchev–Trinajstić information content (AvgIpc) is 3.37. The predicted octanol–water partition coefficient (Wildman–Crippen LogP) is 3.72. The number of nitrogens with zero attached hydrogens (tertiary/aromatic N) is 5. The molecule has 1 aliphatic heterocycles. The molecule has 0 saturated carbocycles. The summed E-state index contributed by atoms with van der Waals surface area (Å²) in [5, 5.41) is 8.66. The Morgan fingerprint density at radius 3 is 2.71 bits per heavy atom. The Kier molecular flexibility index (Phi) is 5.02. The molecular weight excluding hydrogens is 350 g/mol. The summed E-state index contributed by atoms with van der Waals surface area (Å²) in [6, 6.07) is 11.6. The van der Waals surface area contributed by atoms with Gasteiger partial charge in [0.15, 0.2) is 5.82 Å². The fraction of sp³-hybridized carbons (Fsp3) is 0.273. The second-order valence-corrected chi connectivity index (χ2v) is 6.99. The van der Waals surface area contributed by atoms with Gasteiger partial charge in [0, 0.05) is 37.1 Å². The maximum atomic E-state index is 13.0. The van der Waals surface area contributed by atoms with Crippen molar-refractivity contribution in [2.45, 2.75) is 25.8 Å². The Labute approximate surface area is 164 Å². The van der Waals surface area contributed by atoms with Crippen LogP contribution in [0.1, 0.15) is 30.1 Å². The summed E-state index contributed by atoms with van der Waals surface area (Å²) in [6.45, 7) is 2.81. The van der Waals surface area contributed by atoms with Crippen molar-refractivity contribution in [3.8, 4) is 22.8 Å². The number of benzene rings is 1. The molecule has 2 aromatic heterocycles. The van der Waals surface area contributed by atoms with E-state index in [1.165, 1.54) is 0 Å². The van der Waals surface area contributed by atoms with Gasteiger partial charge in [0.05, 0.1) is 11.7 Å². The van der Waals surface area contributed by atoms with Crippen molar-refractivity contribution < 1.29 is 4.79 Å². The minimum atomic E-state index is 0.0582. The Morgan fingerprint density at radius 1 is 1.18 bits per heavy atom. The minimum absolute atomic E-state index is 0.0582. The number of carbonyl (C=O) groups is 1. The first-order valence-electron chi connectivity index (χ1n) is 9.57. The van der Waals surface area contributed by atoms with Crippen LogP contribution in [0.25, 0.3) is 22.8 Å². The SMILES string of the molecule is CCC[C@H]1C=CCN1C(=O)c1cccc(-c2ccc(-c3nccn3C)nn2)c1. The molecule has 0 fully saturated rings. The van der Waals surface area contributed by atoms with E-state index in [9.17, 15) is 4.79 Å². The van der Waals surface area contributed by atoms with Crippen molar-refractivity contribution in [3.63, 3.8) is 0 Å². The molecule has 1 atom stereocenters. The van der Waals surface area contributed by atoms with E-state index in [1.54, 1.807) is 6.20 Å². The number of aromatic nitrogens is 4. The van der Waals surface area contributed by atoms with Crippen LogP contribution in [0.2, 0.25) is 0 Å². The number of aryl methyl sites for hydroxylation is 1. The molecule has 1 amide bonds. The van der Waals surface area contributed by atoms with Gasteiger partial charge in [0.25, 0.3) is 5.91 Å². The van der Waals surface area contributed by atoms with Crippen LogP contribution in [0.3, 0.4) is 0 Å². The van der Waals surface area contributed by atoms with Crippen LogP contribution in [0, 0.1) is 0 Å². The van der Waals surface area contributed by atoms with Crippen LogP contribution in [-0.4, -0.2) is 43.1 Å². The molecule has 3 aromatic rings. The normalized spacial score (nSPS) is 15.9. The molecule has 0 bridgehead atoms. The molecule has 1 aliphatic rings. The third kappa shape index (κ3) is 3.45. The third-order valence-electron chi connectivity index (χ3n) is 5.03. The highest BCUT2D eigenvalue weighted by molar-refractivity contribution is 5.96. The Balaban J connectivity index is 1.57. The first-order chi connectivity index (χ1) is 13.7. The third-order valence-corrected chi connectivity index (χ3v) is 5.03. The van der Waals surface area contributed by atoms with Crippen LogP contribution < -0.4 is 0 Å². The van der Waals surface area contributed by atoms with Crippen LogP contribution in [0.15, 0.2) is 60.9 Å². The lowest BCUT2D eigenvalue weighted by Gasteiger charge is -2.24. The van der Waals surface area contributed by atoms with Crippen LogP contribution >= 0.6 is 0 Å². The summed E-state index contributed by atoms with van der Waals surface area (Å²) in [5.74, 6) is 0.828. The highest BCUT2D eigenvalue weighted by atomic mass is 16.2. The summed E-state index contributed by atoms with van der Waals surface area (Å²) in [5.41, 5.74) is 3.01. The molecule has 0 aliphatic carbocycles. The lowest BCUT2D eigenvalue weighted by atomic mass is 10.1. The monoisotopic (exact) mass is 373 g/mol. The molecular formula is C22H23N5O. The molecule has 0 spiro atoms. The molecule has 4 rings (SSSR count). The van der Waals surface area contributed by atoms with Crippen molar-refractivity contribution in [1.29, 1.82) is 0 Å². The highest BCUT2D eigenvalue weighted by Crippen LogP contribution is 2.23. The van der Waals surface area contributed by atoms with Crippen molar-refractivity contribution in [1.82, 2.24) is 24.6 Å². The smallest absolute Gasteiger partial charge is 0.254 e. The number of rotatable bonds is 5. The van der Waals surface area contributed by atoms with Crippen LogP contribution in [0.5, 0.6) is 0 Å². The fourth-order valence-electron chi connectivity index (χ4n) is 3.55. The van der Waals surface area contributed by atoms with Gasteiger partial charge in [0.1, 0.15) is 5.69 Å². The van der Waals surface area contributed by atoms with Gasteiger partial charge in [-0.2, -0.15) is 0 Å². The lowest BCUT2D eigenvalue weighted by Crippen LogP contribution is -2.36. The summed E-state index contributed by atoms with van der Waals surface area (Å²) in [7, 11) is 1.92. The number of hydrogen-bond acceptors (Lipinski definition) is 4. The molecule has 1 aromatic carbocycles. The average molecular weight is 373 g/mol. The molecule has 6 nitrogen and oxygen atoms in total. The van der Waals surface area contributed by atoms with Crippen molar-refractivity contribution in [2.75, 3.05) is 6.54 Å². The van der Waals surface area contributed by atoms with Gasteiger partial charge in [-0.1, -0.05) is 37.6 Å². The van der Waals surface area contributed by atoms with E-state index in [0.29, 0.717) is 17.8 Å². The van der Waals surface area contributed by atoms with E-state index in [4.69, 9.17) is 0 Å². The van der Waals surface area contributed by atoms with Gasteiger partial charge in [-0.3, -0.25) is 4.79 Å². The summed E-state index contributed by atoms with van der Waals surface area (Å²) in [4.78, 5) is 19.2. The van der Waals surface area contributed by atoms with E-state index in [2.05, 4.69) is 34.3 Å². The molecule has 3 heterocycles. The van der Waals surface area contributed by atoms with E-state index in [0.717, 1.165) is 29.9 Å². The number of carbonyl (C=O) groups excluding carboxylic acids is 1. The molecule has 0 radical (unpaired) electrons. The molecule has 0 unspecified atom stereocenters. The number of hydrogen-bond donors (Lipinski definition) is 0. The quantitative estimate of drug-likeness (QED) is 0.640. The predicted molar refractivity (Wildman–Crippen MR) is 109 cm³/mol. The topological polar surface area (TPSA) is 63.9 Å².